The molecule has 6 nitrogen and oxygen atoms in total. The molecule has 1 aliphatic rings. The van der Waals surface area contributed by atoms with E-state index in [4.69, 9.17) is 4.52 Å². The Morgan fingerprint density at radius 1 is 1.53 bits per heavy atom. The van der Waals surface area contributed by atoms with Gasteiger partial charge in [-0.15, -0.1) is 0 Å². The SMILES string of the molecule is Cc1cc(CN2CCC(=O)NC(C(C)C)C2=O)no1. The molecule has 1 N–H and O–H groups in total. The van der Waals surface area contributed by atoms with Crippen LogP contribution in [0.25, 0.3) is 0 Å². The third-order valence-electron chi connectivity index (χ3n) is 3.20. The molecule has 6 heteroatoms. The predicted molar refractivity (Wildman–Crippen MR) is 68.0 cm³/mol. The number of aromatic nitrogens is 1. The first-order valence-corrected chi connectivity index (χ1v) is 6.47. The van der Waals surface area contributed by atoms with Crippen LogP contribution in [0.3, 0.4) is 0 Å². The number of nitrogens with zero attached hydrogens (tertiary/aromatic N) is 2. The van der Waals surface area contributed by atoms with E-state index >= 15 is 0 Å². The lowest BCUT2D eigenvalue weighted by atomic mass is 10.0. The summed E-state index contributed by atoms with van der Waals surface area (Å²) in [5.41, 5.74) is 0.711. The van der Waals surface area contributed by atoms with Gasteiger partial charge in [0.15, 0.2) is 0 Å². The van der Waals surface area contributed by atoms with Gasteiger partial charge in [0.25, 0.3) is 0 Å². The fraction of sp³-hybridized carbons (Fsp3) is 0.615. The number of carbonyl (C=O) groups is 2. The highest BCUT2D eigenvalue weighted by Gasteiger charge is 2.32. The lowest BCUT2D eigenvalue weighted by Gasteiger charge is -2.25. The van der Waals surface area contributed by atoms with Crippen molar-refractivity contribution in [2.24, 2.45) is 5.92 Å². The molecule has 0 spiro atoms. The van der Waals surface area contributed by atoms with Crippen molar-refractivity contribution in [3.05, 3.63) is 17.5 Å². The van der Waals surface area contributed by atoms with Crippen LogP contribution < -0.4 is 5.32 Å². The highest BCUT2D eigenvalue weighted by molar-refractivity contribution is 5.90. The Labute approximate surface area is 112 Å². The molecule has 104 valence electrons. The molecule has 0 saturated carbocycles. The first-order chi connectivity index (χ1) is 8.97. The van der Waals surface area contributed by atoms with Gasteiger partial charge in [0, 0.05) is 19.0 Å². The number of hydrogen-bond donors (Lipinski definition) is 1. The first kappa shape index (κ1) is 13.6. The molecule has 0 radical (unpaired) electrons. The van der Waals surface area contributed by atoms with Crippen molar-refractivity contribution in [3.8, 4) is 0 Å². The standard InChI is InChI=1S/C13H19N3O3/c1-8(2)12-13(18)16(5-4-11(17)14-12)7-10-6-9(3)19-15-10/h6,8,12H,4-5,7H2,1-3H3,(H,14,17). The first-order valence-electron chi connectivity index (χ1n) is 6.47. The molecule has 2 heterocycles. The fourth-order valence-corrected chi connectivity index (χ4v) is 2.15. The molecule has 0 aliphatic carbocycles. The van der Waals surface area contributed by atoms with Crippen LogP contribution in [0.2, 0.25) is 0 Å². The maximum Gasteiger partial charge on any atom is 0.245 e. The molecule has 1 atom stereocenters. The monoisotopic (exact) mass is 265 g/mol. The fourth-order valence-electron chi connectivity index (χ4n) is 2.15. The molecule has 1 unspecified atom stereocenters. The van der Waals surface area contributed by atoms with Crippen molar-refractivity contribution >= 4 is 11.8 Å². The van der Waals surface area contributed by atoms with Gasteiger partial charge in [-0.25, -0.2) is 0 Å². The highest BCUT2D eigenvalue weighted by Crippen LogP contribution is 2.14. The Balaban J connectivity index is 2.14. The molecule has 2 rings (SSSR count). The van der Waals surface area contributed by atoms with E-state index < -0.39 is 6.04 Å². The maximum absolute atomic E-state index is 12.4. The van der Waals surface area contributed by atoms with E-state index in [0.717, 1.165) is 0 Å². The molecule has 1 aromatic rings. The molecule has 2 amide bonds. The second kappa shape index (κ2) is 5.42. The average molecular weight is 265 g/mol. The predicted octanol–water partition coefficient (Wildman–Crippen LogP) is 0.856. The van der Waals surface area contributed by atoms with Crippen LogP contribution in [0.1, 0.15) is 31.7 Å². The average Bonchev–Trinajstić information content (AvgIpc) is 2.69. The van der Waals surface area contributed by atoms with Crippen molar-refractivity contribution < 1.29 is 14.1 Å². The number of amides is 2. The van der Waals surface area contributed by atoms with E-state index in [1.807, 2.05) is 20.8 Å². The number of hydrogen-bond acceptors (Lipinski definition) is 4. The zero-order valence-corrected chi connectivity index (χ0v) is 11.5. The zero-order valence-electron chi connectivity index (χ0n) is 11.5. The van der Waals surface area contributed by atoms with Gasteiger partial charge in [0.05, 0.1) is 6.54 Å². The quantitative estimate of drug-likeness (QED) is 0.879. The molecule has 0 aromatic carbocycles. The number of carbonyl (C=O) groups excluding carboxylic acids is 2. The Hall–Kier alpha value is -1.85. The third-order valence-corrected chi connectivity index (χ3v) is 3.20. The Kier molecular flexibility index (Phi) is 3.87. The normalized spacial score (nSPS) is 20.6. The minimum Gasteiger partial charge on any atom is -0.361 e. The number of nitrogens with one attached hydrogen (secondary N) is 1. The zero-order chi connectivity index (χ0) is 14.0. The molecule has 1 aliphatic heterocycles. The van der Waals surface area contributed by atoms with Crippen molar-refractivity contribution in [3.63, 3.8) is 0 Å². The van der Waals surface area contributed by atoms with Gasteiger partial charge in [0.2, 0.25) is 11.8 Å². The number of rotatable bonds is 3. The molecule has 1 saturated heterocycles. The lowest BCUT2D eigenvalue weighted by molar-refractivity contribution is -0.135. The number of aryl methyl sites for hydroxylation is 1. The Morgan fingerprint density at radius 3 is 2.84 bits per heavy atom. The van der Waals surface area contributed by atoms with E-state index in [1.54, 1.807) is 11.0 Å². The summed E-state index contributed by atoms with van der Waals surface area (Å²) in [6.07, 6.45) is 0.325. The smallest absolute Gasteiger partial charge is 0.245 e. The van der Waals surface area contributed by atoms with E-state index in [-0.39, 0.29) is 17.7 Å². The second-order valence-corrected chi connectivity index (χ2v) is 5.23. The summed E-state index contributed by atoms with van der Waals surface area (Å²) >= 11 is 0. The molecule has 1 aromatic heterocycles. The van der Waals surface area contributed by atoms with E-state index in [2.05, 4.69) is 10.5 Å². The summed E-state index contributed by atoms with van der Waals surface area (Å²) in [7, 11) is 0. The van der Waals surface area contributed by atoms with Crippen LogP contribution in [0.4, 0.5) is 0 Å². The molecular formula is C13H19N3O3. The molecule has 0 bridgehead atoms. The summed E-state index contributed by atoms with van der Waals surface area (Å²) in [4.78, 5) is 25.7. The summed E-state index contributed by atoms with van der Waals surface area (Å²) in [5.74, 6) is 0.648. The Morgan fingerprint density at radius 2 is 2.26 bits per heavy atom. The minimum absolute atomic E-state index is 0.0542. The van der Waals surface area contributed by atoms with Crippen molar-refractivity contribution in [2.75, 3.05) is 6.54 Å². The summed E-state index contributed by atoms with van der Waals surface area (Å²) in [6, 6.07) is 1.35. The minimum atomic E-state index is -0.456. The van der Waals surface area contributed by atoms with Gasteiger partial charge >= 0.3 is 0 Å². The van der Waals surface area contributed by atoms with Gasteiger partial charge in [0.1, 0.15) is 17.5 Å². The molecular weight excluding hydrogens is 246 g/mol. The van der Waals surface area contributed by atoms with Crippen molar-refractivity contribution in [1.29, 1.82) is 0 Å². The Bertz CT molecular complexity index is 481. The summed E-state index contributed by atoms with van der Waals surface area (Å²) in [6.45, 7) is 6.45. The van der Waals surface area contributed by atoms with Crippen LogP contribution in [-0.4, -0.2) is 34.5 Å². The van der Waals surface area contributed by atoms with Crippen LogP contribution in [-0.2, 0) is 16.1 Å². The van der Waals surface area contributed by atoms with Crippen LogP contribution in [0.5, 0.6) is 0 Å². The summed E-state index contributed by atoms with van der Waals surface area (Å²) < 4.78 is 5.00. The van der Waals surface area contributed by atoms with Crippen LogP contribution in [0.15, 0.2) is 10.6 Å². The molecule has 1 fully saturated rings. The topological polar surface area (TPSA) is 75.4 Å². The molecule has 19 heavy (non-hydrogen) atoms. The summed E-state index contributed by atoms with van der Waals surface area (Å²) in [5, 5.41) is 6.66. The van der Waals surface area contributed by atoms with Gasteiger partial charge in [-0.3, -0.25) is 9.59 Å². The van der Waals surface area contributed by atoms with Crippen molar-refractivity contribution in [1.82, 2.24) is 15.4 Å². The van der Waals surface area contributed by atoms with Gasteiger partial charge < -0.3 is 14.7 Å². The van der Waals surface area contributed by atoms with Gasteiger partial charge in [-0.05, 0) is 12.8 Å². The van der Waals surface area contributed by atoms with Gasteiger partial charge in [-0.1, -0.05) is 19.0 Å². The van der Waals surface area contributed by atoms with Crippen LogP contribution in [0, 0.1) is 12.8 Å². The lowest BCUT2D eigenvalue weighted by Crippen LogP contribution is -2.47. The van der Waals surface area contributed by atoms with E-state index in [9.17, 15) is 9.59 Å². The van der Waals surface area contributed by atoms with Crippen molar-refractivity contribution in [2.45, 2.75) is 39.8 Å². The highest BCUT2D eigenvalue weighted by atomic mass is 16.5. The van der Waals surface area contributed by atoms with E-state index in [1.165, 1.54) is 0 Å². The third kappa shape index (κ3) is 3.13. The van der Waals surface area contributed by atoms with E-state index in [0.29, 0.717) is 31.0 Å². The maximum atomic E-state index is 12.4. The second-order valence-electron chi connectivity index (χ2n) is 5.23. The van der Waals surface area contributed by atoms with Crippen LogP contribution >= 0.6 is 0 Å². The largest absolute Gasteiger partial charge is 0.361 e. The van der Waals surface area contributed by atoms with Gasteiger partial charge in [-0.2, -0.15) is 0 Å².